The molecule has 3 rings (SSSR count). The molecule has 1 aliphatic carbocycles. The van der Waals surface area contributed by atoms with Crippen molar-refractivity contribution in [2.75, 3.05) is 17.1 Å². The molecule has 1 N–H and O–H groups in total. The molecule has 0 radical (unpaired) electrons. The zero-order valence-corrected chi connectivity index (χ0v) is 16.6. The monoisotopic (exact) mass is 426 g/mol. The van der Waals surface area contributed by atoms with Crippen LogP contribution in [0.4, 0.5) is 18.9 Å². The molecule has 29 heavy (non-hydrogen) atoms. The molecule has 0 saturated carbocycles. The van der Waals surface area contributed by atoms with Gasteiger partial charge in [0.2, 0.25) is 15.9 Å². The molecule has 1 atom stereocenters. The zero-order valence-electron chi connectivity index (χ0n) is 15.7. The van der Waals surface area contributed by atoms with Crippen LogP contribution in [-0.4, -0.2) is 27.1 Å². The highest BCUT2D eigenvalue weighted by molar-refractivity contribution is 7.92. The summed E-state index contributed by atoms with van der Waals surface area (Å²) in [6.45, 7) is -0.511. The number of nitrogens with one attached hydrogen (secondary N) is 1. The lowest BCUT2D eigenvalue weighted by Crippen LogP contribution is -2.42. The average Bonchev–Trinajstić information content (AvgIpc) is 2.65. The minimum absolute atomic E-state index is 0.000283. The Hall–Kier alpha value is -2.55. The number of hydrogen-bond donors (Lipinski definition) is 1. The summed E-state index contributed by atoms with van der Waals surface area (Å²) in [4.78, 5) is 12.6. The number of aryl methyl sites for hydroxylation is 1. The van der Waals surface area contributed by atoms with Gasteiger partial charge in [-0.3, -0.25) is 9.10 Å². The highest BCUT2D eigenvalue weighted by Crippen LogP contribution is 2.31. The Kier molecular flexibility index (Phi) is 5.88. The van der Waals surface area contributed by atoms with Crippen LogP contribution in [0.3, 0.4) is 0 Å². The molecule has 5 nitrogen and oxygen atoms in total. The van der Waals surface area contributed by atoms with Crippen LogP contribution >= 0.6 is 0 Å². The predicted molar refractivity (Wildman–Crippen MR) is 104 cm³/mol. The Balaban J connectivity index is 1.77. The SMILES string of the molecule is CS(=O)(=O)N(CC(=O)N[C@@H]1CCCc2ccccc21)c1ccc(C(F)(F)F)cc1. The summed E-state index contributed by atoms with van der Waals surface area (Å²) >= 11 is 0. The molecule has 156 valence electrons. The predicted octanol–water partition coefficient (Wildman–Crippen LogP) is 3.67. The van der Waals surface area contributed by atoms with E-state index in [2.05, 4.69) is 5.32 Å². The summed E-state index contributed by atoms with van der Waals surface area (Å²) < 4.78 is 63.4. The molecule has 0 bridgehead atoms. The molecule has 1 amide bonds. The first-order valence-corrected chi connectivity index (χ1v) is 10.9. The van der Waals surface area contributed by atoms with Crippen molar-refractivity contribution in [2.45, 2.75) is 31.5 Å². The third-order valence-corrected chi connectivity index (χ3v) is 6.02. The number of halogens is 3. The lowest BCUT2D eigenvalue weighted by atomic mass is 9.88. The van der Waals surface area contributed by atoms with Crippen molar-refractivity contribution < 1.29 is 26.4 Å². The van der Waals surface area contributed by atoms with Crippen molar-refractivity contribution in [3.05, 3.63) is 65.2 Å². The van der Waals surface area contributed by atoms with Gasteiger partial charge in [-0.15, -0.1) is 0 Å². The van der Waals surface area contributed by atoms with Crippen molar-refractivity contribution in [1.29, 1.82) is 0 Å². The number of alkyl halides is 3. The summed E-state index contributed by atoms with van der Waals surface area (Å²) in [5.41, 5.74) is 1.26. The number of amides is 1. The van der Waals surface area contributed by atoms with Gasteiger partial charge in [0.05, 0.1) is 23.5 Å². The first-order valence-electron chi connectivity index (χ1n) is 9.08. The lowest BCUT2D eigenvalue weighted by Gasteiger charge is -2.28. The quantitative estimate of drug-likeness (QED) is 0.794. The minimum Gasteiger partial charge on any atom is -0.348 e. The number of fused-ring (bicyclic) bond motifs is 1. The smallest absolute Gasteiger partial charge is 0.348 e. The zero-order chi connectivity index (χ0) is 21.2. The van der Waals surface area contributed by atoms with Crippen LogP contribution in [0.2, 0.25) is 0 Å². The maximum Gasteiger partial charge on any atom is 0.416 e. The van der Waals surface area contributed by atoms with E-state index in [1.165, 1.54) is 0 Å². The molecule has 0 saturated heterocycles. The third kappa shape index (κ3) is 5.09. The van der Waals surface area contributed by atoms with E-state index in [1.807, 2.05) is 24.3 Å². The van der Waals surface area contributed by atoms with Crippen LogP contribution in [0.25, 0.3) is 0 Å². The molecule has 0 heterocycles. The van der Waals surface area contributed by atoms with Crippen molar-refractivity contribution in [1.82, 2.24) is 5.32 Å². The molecule has 1 aliphatic rings. The van der Waals surface area contributed by atoms with Gasteiger partial charge in [0, 0.05) is 0 Å². The Labute approximate surface area is 167 Å². The van der Waals surface area contributed by atoms with Gasteiger partial charge in [0.25, 0.3) is 0 Å². The molecule has 0 spiro atoms. The topological polar surface area (TPSA) is 66.5 Å². The number of sulfonamides is 1. The molecule has 0 aliphatic heterocycles. The fourth-order valence-electron chi connectivity index (χ4n) is 3.49. The Morgan fingerprint density at radius 3 is 2.41 bits per heavy atom. The summed E-state index contributed by atoms with van der Waals surface area (Å²) in [6, 6.07) is 11.2. The van der Waals surface area contributed by atoms with E-state index in [4.69, 9.17) is 0 Å². The standard InChI is InChI=1S/C20H21F3N2O3S/c1-29(27,28)25(16-11-9-15(10-12-16)20(21,22)23)13-19(26)24-18-8-4-6-14-5-2-3-7-17(14)18/h2-3,5,7,9-12,18H,4,6,8,13H2,1H3,(H,24,26)/t18-/m1/s1. The first-order chi connectivity index (χ1) is 13.6. The highest BCUT2D eigenvalue weighted by Gasteiger charge is 2.31. The maximum atomic E-state index is 12.8. The summed E-state index contributed by atoms with van der Waals surface area (Å²) in [5, 5.41) is 2.86. The van der Waals surface area contributed by atoms with E-state index < -0.39 is 34.2 Å². The van der Waals surface area contributed by atoms with Gasteiger partial charge >= 0.3 is 6.18 Å². The lowest BCUT2D eigenvalue weighted by molar-refractivity contribution is -0.137. The highest BCUT2D eigenvalue weighted by atomic mass is 32.2. The van der Waals surface area contributed by atoms with Crippen molar-refractivity contribution in [3.8, 4) is 0 Å². The Morgan fingerprint density at radius 2 is 1.79 bits per heavy atom. The van der Waals surface area contributed by atoms with Gasteiger partial charge in [-0.2, -0.15) is 13.2 Å². The average molecular weight is 426 g/mol. The summed E-state index contributed by atoms with van der Waals surface area (Å²) in [7, 11) is -3.87. The van der Waals surface area contributed by atoms with Gasteiger partial charge in [-0.25, -0.2) is 8.42 Å². The Bertz CT molecular complexity index is 989. The molecule has 0 unspecified atom stereocenters. The molecule has 9 heteroatoms. The number of nitrogens with zero attached hydrogens (tertiary/aromatic N) is 1. The van der Waals surface area contributed by atoms with Gasteiger partial charge in [-0.05, 0) is 54.7 Å². The molecule has 2 aromatic carbocycles. The van der Waals surface area contributed by atoms with Crippen molar-refractivity contribution in [2.24, 2.45) is 0 Å². The van der Waals surface area contributed by atoms with Crippen molar-refractivity contribution in [3.63, 3.8) is 0 Å². The van der Waals surface area contributed by atoms with Crippen LogP contribution in [0.15, 0.2) is 48.5 Å². The van der Waals surface area contributed by atoms with E-state index >= 15 is 0 Å². The van der Waals surface area contributed by atoms with Crippen LogP contribution in [0.1, 0.15) is 35.6 Å². The molecular formula is C20H21F3N2O3S. The number of carbonyl (C=O) groups excluding carboxylic acids is 1. The fraction of sp³-hybridized carbons (Fsp3) is 0.350. The normalized spacial score (nSPS) is 16.8. The number of anilines is 1. The second-order valence-corrected chi connectivity index (χ2v) is 8.93. The van der Waals surface area contributed by atoms with E-state index in [0.717, 1.165) is 65.2 Å². The van der Waals surface area contributed by atoms with Crippen LogP contribution < -0.4 is 9.62 Å². The second-order valence-electron chi connectivity index (χ2n) is 7.03. The third-order valence-electron chi connectivity index (χ3n) is 4.87. The van der Waals surface area contributed by atoms with Crippen LogP contribution in [0.5, 0.6) is 0 Å². The largest absolute Gasteiger partial charge is 0.416 e. The maximum absolute atomic E-state index is 12.8. The van der Waals surface area contributed by atoms with Gasteiger partial charge in [0.1, 0.15) is 6.54 Å². The second kappa shape index (κ2) is 8.06. The number of benzene rings is 2. The summed E-state index contributed by atoms with van der Waals surface area (Å²) in [5.74, 6) is -0.517. The van der Waals surface area contributed by atoms with Gasteiger partial charge < -0.3 is 5.32 Å². The first kappa shape index (κ1) is 21.2. The van der Waals surface area contributed by atoms with E-state index in [1.54, 1.807) is 0 Å². The van der Waals surface area contributed by atoms with Crippen molar-refractivity contribution >= 4 is 21.6 Å². The minimum atomic E-state index is -4.53. The fourth-order valence-corrected chi connectivity index (χ4v) is 4.35. The van der Waals surface area contributed by atoms with Crippen LogP contribution in [0, 0.1) is 0 Å². The molecular weight excluding hydrogens is 405 g/mol. The van der Waals surface area contributed by atoms with Gasteiger partial charge in [0.15, 0.2) is 0 Å². The Morgan fingerprint density at radius 1 is 1.14 bits per heavy atom. The number of hydrogen-bond acceptors (Lipinski definition) is 3. The number of carbonyl (C=O) groups is 1. The van der Waals surface area contributed by atoms with E-state index in [-0.39, 0.29) is 11.7 Å². The van der Waals surface area contributed by atoms with Crippen LogP contribution in [-0.2, 0) is 27.4 Å². The van der Waals surface area contributed by atoms with E-state index in [9.17, 15) is 26.4 Å². The summed E-state index contributed by atoms with van der Waals surface area (Å²) in [6.07, 6.45) is -1.06. The molecule has 2 aromatic rings. The molecule has 0 aromatic heterocycles. The molecule has 0 fully saturated rings. The van der Waals surface area contributed by atoms with E-state index in [0.29, 0.717) is 0 Å². The number of rotatable bonds is 5. The van der Waals surface area contributed by atoms with Gasteiger partial charge in [-0.1, -0.05) is 24.3 Å².